The highest BCUT2D eigenvalue weighted by atomic mass is 32.2. The Hall–Kier alpha value is -2.79. The van der Waals surface area contributed by atoms with Crippen molar-refractivity contribution in [1.29, 1.82) is 0 Å². The second kappa shape index (κ2) is 10.0. The normalized spacial score (nSPS) is 17.4. The van der Waals surface area contributed by atoms with E-state index in [-0.39, 0.29) is 33.7 Å². The molecule has 1 unspecified atom stereocenters. The number of hydrogen-bond donors (Lipinski definition) is 1. The number of methoxy groups -OCH3 is 1. The predicted octanol–water partition coefficient (Wildman–Crippen LogP) is 4.45. The molecule has 11 heteroatoms. The topological polar surface area (TPSA) is 84.9 Å². The van der Waals surface area contributed by atoms with Gasteiger partial charge in [0, 0.05) is 18.2 Å². The molecule has 1 aliphatic rings. The van der Waals surface area contributed by atoms with Crippen molar-refractivity contribution >= 4 is 21.6 Å². The van der Waals surface area contributed by atoms with Gasteiger partial charge in [0.05, 0.1) is 12.8 Å². The number of halogens is 3. The van der Waals surface area contributed by atoms with Crippen molar-refractivity contribution in [3.8, 4) is 11.5 Å². The van der Waals surface area contributed by atoms with Gasteiger partial charge in [0.1, 0.15) is 16.4 Å². The van der Waals surface area contributed by atoms with Gasteiger partial charge < -0.3 is 14.8 Å². The molecule has 1 N–H and O–H groups in total. The van der Waals surface area contributed by atoms with Crippen molar-refractivity contribution < 1.29 is 35.9 Å². The second-order valence-corrected chi connectivity index (χ2v) is 9.54. The largest absolute Gasteiger partial charge is 0.495 e. The van der Waals surface area contributed by atoms with E-state index in [9.17, 15) is 26.4 Å². The summed E-state index contributed by atoms with van der Waals surface area (Å²) in [4.78, 5) is 12.7. The van der Waals surface area contributed by atoms with Gasteiger partial charge in [-0.3, -0.25) is 4.79 Å². The molecule has 0 saturated carbocycles. The van der Waals surface area contributed by atoms with E-state index in [0.29, 0.717) is 6.54 Å². The van der Waals surface area contributed by atoms with Crippen LogP contribution in [0.2, 0.25) is 0 Å². The number of nitrogens with one attached hydrogen (secondary N) is 1. The molecular weight excluding hydrogens is 461 g/mol. The highest BCUT2D eigenvalue weighted by molar-refractivity contribution is 7.89. The van der Waals surface area contributed by atoms with Gasteiger partial charge in [-0.1, -0.05) is 18.6 Å². The van der Waals surface area contributed by atoms with E-state index in [1.165, 1.54) is 53.9 Å². The summed E-state index contributed by atoms with van der Waals surface area (Å²) >= 11 is 0. The smallest absolute Gasteiger partial charge is 0.422 e. The van der Waals surface area contributed by atoms with Crippen LogP contribution in [0.3, 0.4) is 0 Å². The molecule has 0 aromatic heterocycles. The van der Waals surface area contributed by atoms with Crippen molar-refractivity contribution in [3.63, 3.8) is 0 Å². The maximum Gasteiger partial charge on any atom is 0.422 e. The number of sulfonamides is 1. The zero-order valence-electron chi connectivity index (χ0n) is 18.2. The minimum absolute atomic E-state index is 0.00432. The number of alkyl halides is 3. The average Bonchev–Trinajstić information content (AvgIpc) is 2.77. The molecule has 1 atom stereocenters. The Bertz CT molecular complexity index is 1110. The minimum atomic E-state index is -4.54. The van der Waals surface area contributed by atoms with E-state index < -0.39 is 28.7 Å². The summed E-state index contributed by atoms with van der Waals surface area (Å²) in [6, 6.07) is 9.46. The molecule has 33 heavy (non-hydrogen) atoms. The van der Waals surface area contributed by atoms with Crippen LogP contribution in [0.1, 0.15) is 36.5 Å². The van der Waals surface area contributed by atoms with Crippen molar-refractivity contribution in [2.75, 3.05) is 25.6 Å². The van der Waals surface area contributed by atoms with E-state index in [4.69, 9.17) is 9.47 Å². The van der Waals surface area contributed by atoms with Crippen molar-refractivity contribution in [3.05, 3.63) is 48.0 Å². The van der Waals surface area contributed by atoms with Gasteiger partial charge in [-0.25, -0.2) is 8.42 Å². The van der Waals surface area contributed by atoms with Crippen LogP contribution in [-0.4, -0.2) is 51.1 Å². The number of carbonyl (C=O) groups is 1. The highest BCUT2D eigenvalue weighted by Gasteiger charge is 2.34. The minimum Gasteiger partial charge on any atom is -0.495 e. The van der Waals surface area contributed by atoms with Crippen LogP contribution in [0.25, 0.3) is 0 Å². The fourth-order valence-corrected chi connectivity index (χ4v) is 5.51. The molecule has 1 fully saturated rings. The van der Waals surface area contributed by atoms with Gasteiger partial charge in [-0.2, -0.15) is 17.5 Å². The Morgan fingerprint density at radius 3 is 2.55 bits per heavy atom. The average molecular weight is 487 g/mol. The molecule has 7 nitrogen and oxygen atoms in total. The summed E-state index contributed by atoms with van der Waals surface area (Å²) in [5, 5.41) is 2.49. The second-order valence-electron chi connectivity index (χ2n) is 7.68. The van der Waals surface area contributed by atoms with E-state index in [2.05, 4.69) is 5.32 Å². The van der Waals surface area contributed by atoms with Crippen LogP contribution in [0.5, 0.6) is 11.5 Å². The number of benzene rings is 2. The molecule has 2 aromatic carbocycles. The Kier molecular flexibility index (Phi) is 7.53. The van der Waals surface area contributed by atoms with E-state index in [1.54, 1.807) is 0 Å². The monoisotopic (exact) mass is 486 g/mol. The summed E-state index contributed by atoms with van der Waals surface area (Å²) in [7, 11) is -2.60. The standard InChI is InChI=1S/C22H25F3N2O5S/c1-15-7-5-6-12-27(15)33(29,30)20-13-16(10-11-19(20)31-2)21(28)26-17-8-3-4-9-18(17)32-14-22(23,24)25/h3-4,8-11,13,15H,5-7,12,14H2,1-2H3,(H,26,28). The zero-order valence-corrected chi connectivity index (χ0v) is 19.0. The third kappa shape index (κ3) is 5.97. The van der Waals surface area contributed by atoms with Crippen LogP contribution in [0.15, 0.2) is 47.4 Å². The van der Waals surface area contributed by atoms with Crippen LogP contribution < -0.4 is 14.8 Å². The third-order valence-electron chi connectivity index (χ3n) is 5.28. The first-order chi connectivity index (χ1) is 15.5. The summed E-state index contributed by atoms with van der Waals surface area (Å²) in [6.07, 6.45) is -2.14. The number of ether oxygens (including phenoxy) is 2. The molecule has 0 aliphatic carbocycles. The fraction of sp³-hybridized carbons (Fsp3) is 0.409. The van der Waals surface area contributed by atoms with Crippen LogP contribution in [0, 0.1) is 0 Å². The molecule has 1 heterocycles. The maximum absolute atomic E-state index is 13.3. The fourth-order valence-electron chi connectivity index (χ4n) is 3.62. The van der Waals surface area contributed by atoms with Gasteiger partial charge in [-0.15, -0.1) is 0 Å². The number of anilines is 1. The number of amides is 1. The van der Waals surface area contributed by atoms with Gasteiger partial charge in [0.25, 0.3) is 5.91 Å². The van der Waals surface area contributed by atoms with E-state index >= 15 is 0 Å². The third-order valence-corrected chi connectivity index (χ3v) is 7.32. The SMILES string of the molecule is COc1ccc(C(=O)Nc2ccccc2OCC(F)(F)F)cc1S(=O)(=O)N1CCCCC1C. The summed E-state index contributed by atoms with van der Waals surface area (Å²) in [5.41, 5.74) is 0.0290. The molecule has 1 aliphatic heterocycles. The van der Waals surface area contributed by atoms with Gasteiger partial charge in [-0.05, 0) is 50.1 Å². The van der Waals surface area contributed by atoms with Crippen molar-refractivity contribution in [2.45, 2.75) is 43.3 Å². The lowest BCUT2D eigenvalue weighted by atomic mass is 10.1. The quantitative estimate of drug-likeness (QED) is 0.625. The Morgan fingerprint density at radius 2 is 1.88 bits per heavy atom. The lowest BCUT2D eigenvalue weighted by molar-refractivity contribution is -0.153. The summed E-state index contributed by atoms with van der Waals surface area (Å²) < 4.78 is 75.6. The number of para-hydroxylation sites is 2. The summed E-state index contributed by atoms with van der Waals surface area (Å²) in [5.74, 6) is -0.770. The number of nitrogens with zero attached hydrogens (tertiary/aromatic N) is 1. The van der Waals surface area contributed by atoms with Crippen LogP contribution in [0.4, 0.5) is 18.9 Å². The Morgan fingerprint density at radius 1 is 1.15 bits per heavy atom. The van der Waals surface area contributed by atoms with Crippen LogP contribution in [-0.2, 0) is 10.0 Å². The molecule has 1 saturated heterocycles. The maximum atomic E-state index is 13.3. The van der Waals surface area contributed by atoms with Crippen LogP contribution >= 0.6 is 0 Å². The lowest BCUT2D eigenvalue weighted by Crippen LogP contribution is -2.42. The predicted molar refractivity (Wildman–Crippen MR) is 116 cm³/mol. The number of hydrogen-bond acceptors (Lipinski definition) is 5. The first-order valence-electron chi connectivity index (χ1n) is 10.3. The molecule has 180 valence electrons. The number of carbonyl (C=O) groups excluding carboxylic acids is 1. The lowest BCUT2D eigenvalue weighted by Gasteiger charge is -2.32. The van der Waals surface area contributed by atoms with E-state index in [0.717, 1.165) is 19.3 Å². The molecule has 1 amide bonds. The Labute approximate surface area is 190 Å². The number of piperidine rings is 1. The molecule has 0 spiro atoms. The molecular formula is C22H25F3N2O5S. The zero-order chi connectivity index (χ0) is 24.2. The van der Waals surface area contributed by atoms with Gasteiger partial charge in [0.15, 0.2) is 6.61 Å². The molecule has 2 aromatic rings. The Balaban J connectivity index is 1.89. The van der Waals surface area contributed by atoms with E-state index in [1.807, 2.05) is 6.92 Å². The van der Waals surface area contributed by atoms with Crippen molar-refractivity contribution in [2.24, 2.45) is 0 Å². The van der Waals surface area contributed by atoms with Crippen molar-refractivity contribution in [1.82, 2.24) is 4.31 Å². The molecule has 3 rings (SSSR count). The first kappa shape index (κ1) is 24.8. The van der Waals surface area contributed by atoms with Gasteiger partial charge >= 0.3 is 6.18 Å². The first-order valence-corrected chi connectivity index (χ1v) is 11.8. The summed E-state index contributed by atoms with van der Waals surface area (Å²) in [6.45, 7) is 0.684. The molecule has 0 bridgehead atoms. The van der Waals surface area contributed by atoms with Gasteiger partial charge in [0.2, 0.25) is 10.0 Å². The number of rotatable bonds is 7. The highest BCUT2D eigenvalue weighted by Crippen LogP contribution is 2.32. The molecule has 0 radical (unpaired) electrons.